The van der Waals surface area contributed by atoms with Crippen LogP contribution in [0.2, 0.25) is 72.5 Å². The van der Waals surface area contributed by atoms with Crippen LogP contribution in [-0.2, 0) is 0 Å². The fraction of sp³-hybridized carbons (Fsp3) is 0.333. The second-order valence-corrected chi connectivity index (χ2v) is 19.8. The number of allylic oxidation sites excluding steroid dienone is 12. The molecule has 0 bridgehead atoms. The zero-order chi connectivity index (χ0) is 31.3. The third kappa shape index (κ3) is 42.9. The van der Waals surface area contributed by atoms with E-state index in [4.69, 9.17) is 0 Å². The topological polar surface area (TPSA) is 0 Å². The summed E-state index contributed by atoms with van der Waals surface area (Å²) in [6.45, 7) is 44.7. The van der Waals surface area contributed by atoms with E-state index >= 15 is 0 Å². The van der Waals surface area contributed by atoms with Crippen molar-refractivity contribution in [3.63, 3.8) is 0 Å². The van der Waals surface area contributed by atoms with E-state index in [0.717, 1.165) is 0 Å². The summed E-state index contributed by atoms with van der Waals surface area (Å²) in [4.78, 5) is 0. The molecule has 0 N–H and O–H groups in total. The van der Waals surface area contributed by atoms with Crippen LogP contribution in [0.1, 0.15) is 0 Å². The Morgan fingerprint density at radius 3 is 0.341 bits per heavy atom. The molecule has 0 aromatic heterocycles. The van der Waals surface area contributed by atoms with Gasteiger partial charge in [-0.15, -0.1) is 78.9 Å². The van der Waals surface area contributed by atoms with Crippen molar-refractivity contribution in [2.75, 3.05) is 0 Å². The van der Waals surface area contributed by atoms with E-state index in [1.807, 2.05) is 72.9 Å². The summed E-state index contributed by atoms with van der Waals surface area (Å²) in [5.41, 5.74) is 0. The molecule has 0 rings (SSSR count). The molecule has 41 heavy (non-hydrogen) atoms. The van der Waals surface area contributed by atoms with Crippen molar-refractivity contribution >= 4 is 52.8 Å². The quantitative estimate of drug-likeness (QED) is 0.0705. The minimum absolute atomic E-state index is 0. The average Bonchev–Trinajstić information content (AvgIpc) is 2.92. The minimum atomic E-state index is -0.252. The van der Waals surface area contributed by atoms with Gasteiger partial charge in [0.15, 0.2) is 0 Å². The standard InChI is InChI=1S/4C9H15Si.Ge/c4*1-4-7-10(8-5-2)9-6-3;/h4*4-6H,1-3,7-9H2;. The molecule has 0 aromatic rings. The zero-order valence-corrected chi connectivity index (χ0v) is 32.5. The van der Waals surface area contributed by atoms with Crippen LogP contribution in [0.4, 0.5) is 0 Å². The van der Waals surface area contributed by atoms with Gasteiger partial charge in [-0.1, -0.05) is 72.9 Å². The fourth-order valence-electron chi connectivity index (χ4n) is 3.45. The Morgan fingerprint density at radius 1 is 0.220 bits per heavy atom. The van der Waals surface area contributed by atoms with Crippen molar-refractivity contribution < 1.29 is 0 Å². The molecule has 8 radical (unpaired) electrons. The number of hydrogen-bond donors (Lipinski definition) is 0. The van der Waals surface area contributed by atoms with E-state index in [1.165, 1.54) is 72.5 Å². The molecule has 0 aliphatic rings. The Hall–Kier alpha value is -1.71. The van der Waals surface area contributed by atoms with Gasteiger partial charge in [-0.05, 0) is 72.5 Å². The average molecular weight is 678 g/mol. The maximum atomic E-state index is 3.72. The molecule has 0 fully saturated rings. The summed E-state index contributed by atoms with van der Waals surface area (Å²) >= 11 is 0. The molecular formula is C36H60GeSi4. The Kier molecular flexibility index (Phi) is 54.1. The summed E-state index contributed by atoms with van der Waals surface area (Å²) in [6, 6.07) is 14.0. The Morgan fingerprint density at radius 2 is 0.293 bits per heavy atom. The maximum Gasteiger partial charge on any atom is 0.0598 e. The smallest absolute Gasteiger partial charge is 0.0598 e. The van der Waals surface area contributed by atoms with Gasteiger partial charge in [-0.3, -0.25) is 0 Å². The van der Waals surface area contributed by atoms with Crippen LogP contribution in [0.25, 0.3) is 0 Å². The SMILES string of the molecule is C=CC[Si](CC=C)CC=C.C=CC[Si](CC=C)CC=C.C=CC[Si](CC=C)CC=C.C=CC[Si](CC=C)CC=C.[Ge]. The van der Waals surface area contributed by atoms with E-state index in [-0.39, 0.29) is 52.8 Å². The van der Waals surface area contributed by atoms with Gasteiger partial charge in [-0.2, -0.15) is 0 Å². The monoisotopic (exact) mass is 678 g/mol. The van der Waals surface area contributed by atoms with Crippen LogP contribution < -0.4 is 0 Å². The molecule has 0 nitrogen and oxygen atoms in total. The predicted molar refractivity (Wildman–Crippen MR) is 209 cm³/mol. The molecule has 0 heterocycles. The molecule has 0 atom stereocenters. The van der Waals surface area contributed by atoms with Gasteiger partial charge in [0.25, 0.3) is 0 Å². The van der Waals surface area contributed by atoms with Crippen molar-refractivity contribution in [2.24, 2.45) is 0 Å². The van der Waals surface area contributed by atoms with E-state index in [2.05, 4.69) is 78.9 Å². The Bertz CT molecular complexity index is 495. The Labute approximate surface area is 275 Å². The zero-order valence-electron chi connectivity index (χ0n) is 26.4. The molecule has 5 heteroatoms. The van der Waals surface area contributed by atoms with E-state index in [1.54, 1.807) is 0 Å². The van der Waals surface area contributed by atoms with E-state index in [0.29, 0.717) is 0 Å². The van der Waals surface area contributed by atoms with Crippen molar-refractivity contribution in [1.82, 2.24) is 0 Å². The number of rotatable bonds is 24. The van der Waals surface area contributed by atoms with Crippen molar-refractivity contribution in [3.8, 4) is 0 Å². The van der Waals surface area contributed by atoms with Gasteiger partial charge in [-0.25, -0.2) is 0 Å². The van der Waals surface area contributed by atoms with Crippen LogP contribution in [-0.4, -0.2) is 52.8 Å². The summed E-state index contributed by atoms with van der Waals surface area (Å²) in [5, 5.41) is 0. The molecule has 0 aliphatic carbocycles. The second-order valence-electron chi connectivity index (χ2n) is 8.91. The van der Waals surface area contributed by atoms with Crippen molar-refractivity contribution in [3.05, 3.63) is 152 Å². The summed E-state index contributed by atoms with van der Waals surface area (Å²) in [5.74, 6) is 0. The molecule has 0 amide bonds. The first-order valence-electron chi connectivity index (χ1n) is 14.0. The largest absolute Gasteiger partial charge is 0.103 e. The molecular weight excluding hydrogens is 617 g/mol. The maximum absolute atomic E-state index is 3.72. The Balaban J connectivity index is -0.000000139. The summed E-state index contributed by atoms with van der Waals surface area (Å²) < 4.78 is 0. The number of hydrogen-bond acceptors (Lipinski definition) is 0. The van der Waals surface area contributed by atoms with Crippen LogP contribution in [0.5, 0.6) is 0 Å². The van der Waals surface area contributed by atoms with Gasteiger partial charge in [0.2, 0.25) is 0 Å². The third-order valence-corrected chi connectivity index (χ3v) is 15.6. The third-order valence-electron chi connectivity index (χ3n) is 5.20. The molecule has 224 valence electrons. The molecule has 0 unspecified atom stereocenters. The van der Waals surface area contributed by atoms with E-state index < -0.39 is 0 Å². The summed E-state index contributed by atoms with van der Waals surface area (Å²) in [6.07, 6.45) is 24.0. The molecule has 0 spiro atoms. The first kappa shape index (κ1) is 49.0. The van der Waals surface area contributed by atoms with Gasteiger partial charge in [0.1, 0.15) is 0 Å². The first-order chi connectivity index (χ1) is 19.4. The van der Waals surface area contributed by atoms with Crippen LogP contribution in [0.3, 0.4) is 0 Å². The van der Waals surface area contributed by atoms with Crippen molar-refractivity contribution in [2.45, 2.75) is 72.5 Å². The minimum Gasteiger partial charge on any atom is -0.103 e. The molecule has 0 aromatic carbocycles. The predicted octanol–water partition coefficient (Wildman–Crippen LogP) is 11.8. The van der Waals surface area contributed by atoms with E-state index in [9.17, 15) is 0 Å². The van der Waals surface area contributed by atoms with Gasteiger partial charge < -0.3 is 0 Å². The van der Waals surface area contributed by atoms with Crippen LogP contribution in [0.15, 0.2) is 152 Å². The molecule has 0 saturated carbocycles. The van der Waals surface area contributed by atoms with Crippen LogP contribution in [0, 0.1) is 0 Å². The molecule has 0 aliphatic heterocycles. The first-order valence-corrected chi connectivity index (χ1v) is 22.5. The van der Waals surface area contributed by atoms with Gasteiger partial charge in [0, 0.05) is 17.6 Å². The second kappa shape index (κ2) is 45.3. The normalized spacial score (nSPS) is 9.07. The van der Waals surface area contributed by atoms with Crippen molar-refractivity contribution in [1.29, 1.82) is 0 Å². The van der Waals surface area contributed by atoms with Gasteiger partial charge in [0.05, 0.1) is 35.2 Å². The van der Waals surface area contributed by atoms with Crippen LogP contribution >= 0.6 is 0 Å². The summed E-state index contributed by atoms with van der Waals surface area (Å²) in [7, 11) is -1.01. The fourth-order valence-corrected chi connectivity index (χ4v) is 10.3. The molecule has 0 saturated heterocycles. The van der Waals surface area contributed by atoms with Gasteiger partial charge >= 0.3 is 0 Å².